The minimum atomic E-state index is 0.193. The molecule has 0 radical (unpaired) electrons. The van der Waals surface area contributed by atoms with Crippen molar-refractivity contribution in [3.8, 4) is 17.1 Å². The Balaban J connectivity index is 2.23. The third-order valence-electron chi connectivity index (χ3n) is 2.39. The van der Waals surface area contributed by atoms with E-state index in [1.807, 2.05) is 30.5 Å². The molecule has 3 aromatic rings. The number of hydrogen-bond donors (Lipinski definition) is 1. The summed E-state index contributed by atoms with van der Waals surface area (Å²) < 4.78 is 1.68. The normalized spacial score (nSPS) is 10.8. The molecule has 3 rings (SSSR count). The minimum Gasteiger partial charge on any atom is -0.507 e. The Labute approximate surface area is 91.8 Å². The topological polar surface area (TPSA) is 50.4 Å². The van der Waals surface area contributed by atoms with Crippen LogP contribution in [0.2, 0.25) is 0 Å². The second-order valence-corrected chi connectivity index (χ2v) is 3.46. The van der Waals surface area contributed by atoms with Crippen LogP contribution < -0.4 is 0 Å². The van der Waals surface area contributed by atoms with Crippen molar-refractivity contribution in [2.75, 3.05) is 0 Å². The second-order valence-electron chi connectivity index (χ2n) is 3.46. The van der Waals surface area contributed by atoms with Crippen LogP contribution >= 0.6 is 0 Å². The molecule has 16 heavy (non-hydrogen) atoms. The molecule has 0 fully saturated rings. The fourth-order valence-corrected chi connectivity index (χ4v) is 1.61. The summed E-state index contributed by atoms with van der Waals surface area (Å²) in [5.41, 5.74) is 1.41. The van der Waals surface area contributed by atoms with Crippen molar-refractivity contribution in [2.45, 2.75) is 0 Å². The predicted molar refractivity (Wildman–Crippen MR) is 60.1 cm³/mol. The Morgan fingerprint density at radius 1 is 1.00 bits per heavy atom. The molecule has 0 bridgehead atoms. The quantitative estimate of drug-likeness (QED) is 0.670. The van der Waals surface area contributed by atoms with Crippen molar-refractivity contribution in [1.82, 2.24) is 14.6 Å². The van der Waals surface area contributed by atoms with Gasteiger partial charge in [0.25, 0.3) is 0 Å². The number of benzene rings is 1. The van der Waals surface area contributed by atoms with Crippen LogP contribution in [0.15, 0.2) is 48.7 Å². The molecule has 2 aromatic heterocycles. The van der Waals surface area contributed by atoms with Gasteiger partial charge >= 0.3 is 0 Å². The van der Waals surface area contributed by atoms with Crippen LogP contribution in [0.1, 0.15) is 0 Å². The van der Waals surface area contributed by atoms with E-state index in [9.17, 15) is 5.11 Å². The van der Waals surface area contributed by atoms with Gasteiger partial charge in [-0.3, -0.25) is 0 Å². The summed E-state index contributed by atoms with van der Waals surface area (Å²) in [5.74, 6) is 0.725. The number of pyridine rings is 1. The summed E-state index contributed by atoms with van der Waals surface area (Å²) in [4.78, 5) is 4.34. The number of hydrogen-bond acceptors (Lipinski definition) is 3. The van der Waals surface area contributed by atoms with Gasteiger partial charge < -0.3 is 5.11 Å². The van der Waals surface area contributed by atoms with Gasteiger partial charge in [-0.25, -0.2) is 9.50 Å². The molecule has 0 unspecified atom stereocenters. The molecule has 0 saturated heterocycles. The fraction of sp³-hybridized carbons (Fsp3) is 0. The molecular formula is C12H9N3O. The molecule has 0 aliphatic rings. The van der Waals surface area contributed by atoms with Gasteiger partial charge in [-0.2, -0.15) is 0 Å². The zero-order valence-electron chi connectivity index (χ0n) is 8.41. The summed E-state index contributed by atoms with van der Waals surface area (Å²) in [5, 5.41) is 14.0. The summed E-state index contributed by atoms with van der Waals surface area (Å²) in [6.07, 6.45) is 1.83. The lowest BCUT2D eigenvalue weighted by Crippen LogP contribution is -1.85. The average molecular weight is 211 g/mol. The van der Waals surface area contributed by atoms with Crippen LogP contribution in [0.4, 0.5) is 0 Å². The standard InChI is InChI=1S/C12H9N3O/c16-10-6-2-1-5-9(10)12-13-11-7-3-4-8-15(11)14-12/h1-8,16H. The summed E-state index contributed by atoms with van der Waals surface area (Å²) in [7, 11) is 0. The third kappa shape index (κ3) is 1.32. The zero-order chi connectivity index (χ0) is 11.0. The highest BCUT2D eigenvalue weighted by atomic mass is 16.3. The van der Waals surface area contributed by atoms with E-state index >= 15 is 0 Å². The maximum absolute atomic E-state index is 9.70. The highest BCUT2D eigenvalue weighted by molar-refractivity contribution is 5.65. The SMILES string of the molecule is Oc1ccccc1-c1nc2ccccn2n1. The Morgan fingerprint density at radius 3 is 2.62 bits per heavy atom. The van der Waals surface area contributed by atoms with Crippen molar-refractivity contribution < 1.29 is 5.11 Å². The number of nitrogens with zero attached hydrogens (tertiary/aromatic N) is 3. The van der Waals surface area contributed by atoms with Crippen molar-refractivity contribution in [2.24, 2.45) is 0 Å². The molecule has 0 saturated carbocycles. The predicted octanol–water partition coefficient (Wildman–Crippen LogP) is 2.10. The van der Waals surface area contributed by atoms with Crippen LogP contribution in [-0.2, 0) is 0 Å². The van der Waals surface area contributed by atoms with Crippen molar-refractivity contribution in [1.29, 1.82) is 0 Å². The Bertz CT molecular complexity index is 612. The Hall–Kier alpha value is -2.36. The first-order valence-electron chi connectivity index (χ1n) is 4.94. The molecule has 2 heterocycles. The van der Waals surface area contributed by atoms with E-state index in [-0.39, 0.29) is 5.75 Å². The lowest BCUT2D eigenvalue weighted by Gasteiger charge is -1.97. The number of aromatic nitrogens is 3. The van der Waals surface area contributed by atoms with Gasteiger partial charge in [0, 0.05) is 6.20 Å². The first-order chi connectivity index (χ1) is 7.84. The van der Waals surface area contributed by atoms with Gasteiger partial charge in [0.05, 0.1) is 5.56 Å². The van der Waals surface area contributed by atoms with Crippen molar-refractivity contribution in [3.63, 3.8) is 0 Å². The molecule has 0 amide bonds. The number of phenolic OH excluding ortho intramolecular Hbond substituents is 1. The largest absolute Gasteiger partial charge is 0.507 e. The van der Waals surface area contributed by atoms with E-state index in [1.165, 1.54) is 0 Å². The molecule has 78 valence electrons. The first kappa shape index (κ1) is 8.91. The number of fused-ring (bicyclic) bond motifs is 1. The van der Waals surface area contributed by atoms with E-state index in [0.717, 1.165) is 5.65 Å². The Morgan fingerprint density at radius 2 is 1.81 bits per heavy atom. The fourth-order valence-electron chi connectivity index (χ4n) is 1.61. The van der Waals surface area contributed by atoms with Gasteiger partial charge in [-0.1, -0.05) is 18.2 Å². The lowest BCUT2D eigenvalue weighted by atomic mass is 10.2. The third-order valence-corrected chi connectivity index (χ3v) is 2.39. The van der Waals surface area contributed by atoms with Crippen molar-refractivity contribution >= 4 is 5.65 Å². The summed E-state index contributed by atoms with van der Waals surface area (Å²) in [6, 6.07) is 12.7. The molecule has 0 aliphatic carbocycles. The lowest BCUT2D eigenvalue weighted by molar-refractivity contribution is 0.477. The first-order valence-corrected chi connectivity index (χ1v) is 4.94. The van der Waals surface area contributed by atoms with Crippen LogP contribution in [0.25, 0.3) is 17.0 Å². The van der Waals surface area contributed by atoms with E-state index in [1.54, 1.807) is 22.7 Å². The van der Waals surface area contributed by atoms with E-state index in [4.69, 9.17) is 0 Å². The zero-order valence-corrected chi connectivity index (χ0v) is 8.41. The van der Waals surface area contributed by atoms with Gasteiger partial charge in [-0.15, -0.1) is 5.10 Å². The van der Waals surface area contributed by atoms with Gasteiger partial charge in [-0.05, 0) is 24.3 Å². The maximum atomic E-state index is 9.70. The van der Waals surface area contributed by atoms with Gasteiger partial charge in [0.2, 0.25) is 0 Å². The summed E-state index contributed by atoms with van der Waals surface area (Å²) in [6.45, 7) is 0. The van der Waals surface area contributed by atoms with Gasteiger partial charge in [0.1, 0.15) is 5.75 Å². The molecule has 0 aliphatic heterocycles. The van der Waals surface area contributed by atoms with E-state index < -0.39 is 0 Å². The monoisotopic (exact) mass is 211 g/mol. The highest BCUT2D eigenvalue weighted by Gasteiger charge is 2.08. The van der Waals surface area contributed by atoms with Crippen LogP contribution in [0.3, 0.4) is 0 Å². The van der Waals surface area contributed by atoms with Gasteiger partial charge in [0.15, 0.2) is 11.5 Å². The van der Waals surface area contributed by atoms with E-state index in [2.05, 4.69) is 10.1 Å². The molecule has 1 N–H and O–H groups in total. The van der Waals surface area contributed by atoms with Crippen LogP contribution in [0.5, 0.6) is 5.75 Å². The summed E-state index contributed by atoms with van der Waals surface area (Å²) >= 11 is 0. The maximum Gasteiger partial charge on any atom is 0.185 e. The number of phenols is 1. The molecule has 4 nitrogen and oxygen atoms in total. The minimum absolute atomic E-state index is 0.193. The van der Waals surface area contributed by atoms with Crippen molar-refractivity contribution in [3.05, 3.63) is 48.7 Å². The smallest absolute Gasteiger partial charge is 0.185 e. The van der Waals surface area contributed by atoms with Crippen LogP contribution in [0, 0.1) is 0 Å². The molecule has 1 aromatic carbocycles. The number of para-hydroxylation sites is 1. The number of rotatable bonds is 1. The second kappa shape index (κ2) is 3.34. The highest BCUT2D eigenvalue weighted by Crippen LogP contribution is 2.25. The van der Waals surface area contributed by atoms with Crippen LogP contribution in [-0.4, -0.2) is 19.7 Å². The average Bonchev–Trinajstić information content (AvgIpc) is 2.73. The molecular weight excluding hydrogens is 202 g/mol. The molecule has 0 atom stereocenters. The number of aromatic hydroxyl groups is 1. The van der Waals surface area contributed by atoms with E-state index in [0.29, 0.717) is 11.4 Å². The Kier molecular flexibility index (Phi) is 1.86. The molecule has 0 spiro atoms. The molecule has 4 heteroatoms.